The number of nitrogens with one attached hydrogen (secondary N) is 1. The van der Waals surface area contributed by atoms with Crippen molar-refractivity contribution >= 4 is 17.2 Å². The average molecular weight is 278 g/mol. The van der Waals surface area contributed by atoms with Crippen molar-refractivity contribution in [3.8, 4) is 0 Å². The van der Waals surface area contributed by atoms with Gasteiger partial charge >= 0.3 is 0 Å². The van der Waals surface area contributed by atoms with E-state index in [1.807, 2.05) is 6.92 Å². The molecule has 0 aromatic carbocycles. The van der Waals surface area contributed by atoms with Crippen molar-refractivity contribution in [2.75, 3.05) is 19.8 Å². The summed E-state index contributed by atoms with van der Waals surface area (Å²) < 4.78 is 5.47. The molecule has 3 heterocycles. The van der Waals surface area contributed by atoms with Crippen molar-refractivity contribution in [1.82, 2.24) is 19.9 Å². The number of aromatic nitrogens is 3. The van der Waals surface area contributed by atoms with Gasteiger partial charge in [0.25, 0.3) is 5.91 Å². The molecule has 0 spiro atoms. The second kappa shape index (κ2) is 5.10. The van der Waals surface area contributed by atoms with Crippen LogP contribution in [0.5, 0.6) is 0 Å². The van der Waals surface area contributed by atoms with Crippen LogP contribution in [-0.2, 0) is 4.74 Å². The van der Waals surface area contributed by atoms with E-state index in [9.17, 15) is 4.79 Å². The highest BCUT2D eigenvalue weighted by atomic mass is 32.1. The standard InChI is InChI=1S/C12H14N4O2S/c1-8-4-13-11(15-8)10-5-18-3-2-16(10)12(17)9-6-19-7-14-9/h4,6-7,10H,2-3,5H2,1H3,(H,13,15). The van der Waals surface area contributed by atoms with E-state index in [0.717, 1.165) is 11.5 Å². The number of hydrogen-bond acceptors (Lipinski definition) is 5. The predicted molar refractivity (Wildman–Crippen MR) is 70.0 cm³/mol. The van der Waals surface area contributed by atoms with E-state index >= 15 is 0 Å². The Labute approximate surface area is 114 Å². The van der Waals surface area contributed by atoms with Crippen LogP contribution in [0.2, 0.25) is 0 Å². The number of aromatic amines is 1. The SMILES string of the molecule is Cc1cnc(C2COCCN2C(=O)c2cscn2)[nH]1. The molecule has 1 unspecified atom stereocenters. The summed E-state index contributed by atoms with van der Waals surface area (Å²) >= 11 is 1.42. The maximum atomic E-state index is 12.4. The van der Waals surface area contributed by atoms with Gasteiger partial charge in [0.2, 0.25) is 0 Å². The number of carbonyl (C=O) groups is 1. The van der Waals surface area contributed by atoms with Crippen LogP contribution >= 0.6 is 11.3 Å². The first-order chi connectivity index (χ1) is 9.25. The molecular formula is C12H14N4O2S. The molecule has 2 aromatic heterocycles. The van der Waals surface area contributed by atoms with Gasteiger partial charge in [0.15, 0.2) is 0 Å². The number of rotatable bonds is 2. The topological polar surface area (TPSA) is 71.1 Å². The van der Waals surface area contributed by atoms with Crippen LogP contribution in [0.15, 0.2) is 17.1 Å². The molecule has 1 fully saturated rings. The lowest BCUT2D eigenvalue weighted by Gasteiger charge is -2.33. The first kappa shape index (κ1) is 12.3. The quantitative estimate of drug-likeness (QED) is 0.901. The maximum Gasteiger partial charge on any atom is 0.274 e. The molecule has 3 rings (SSSR count). The third kappa shape index (κ3) is 2.39. The third-order valence-electron chi connectivity index (χ3n) is 3.08. The first-order valence-electron chi connectivity index (χ1n) is 6.04. The lowest BCUT2D eigenvalue weighted by molar-refractivity contribution is -0.00527. The Bertz CT molecular complexity index is 566. The number of nitrogens with zero attached hydrogens (tertiary/aromatic N) is 3. The molecule has 1 N–H and O–H groups in total. The summed E-state index contributed by atoms with van der Waals surface area (Å²) in [7, 11) is 0. The maximum absolute atomic E-state index is 12.4. The van der Waals surface area contributed by atoms with Gasteiger partial charge in [0.1, 0.15) is 17.6 Å². The van der Waals surface area contributed by atoms with E-state index in [-0.39, 0.29) is 11.9 Å². The molecule has 0 aliphatic carbocycles. The van der Waals surface area contributed by atoms with E-state index < -0.39 is 0 Å². The van der Waals surface area contributed by atoms with Gasteiger partial charge < -0.3 is 14.6 Å². The van der Waals surface area contributed by atoms with Crippen LogP contribution in [0.3, 0.4) is 0 Å². The Morgan fingerprint density at radius 2 is 2.47 bits per heavy atom. The number of H-pyrrole nitrogens is 1. The van der Waals surface area contributed by atoms with Crippen LogP contribution in [0.25, 0.3) is 0 Å². The Balaban J connectivity index is 1.87. The third-order valence-corrected chi connectivity index (χ3v) is 3.67. The number of thiazole rings is 1. The molecule has 0 saturated carbocycles. The van der Waals surface area contributed by atoms with Gasteiger partial charge in [-0.05, 0) is 6.92 Å². The number of amides is 1. The highest BCUT2D eigenvalue weighted by Gasteiger charge is 2.31. The monoisotopic (exact) mass is 278 g/mol. The molecule has 0 radical (unpaired) electrons. The fourth-order valence-corrected chi connectivity index (χ4v) is 2.67. The fraction of sp³-hybridized carbons (Fsp3) is 0.417. The van der Waals surface area contributed by atoms with Gasteiger partial charge in [-0.3, -0.25) is 4.79 Å². The van der Waals surface area contributed by atoms with Gasteiger partial charge in [-0.2, -0.15) is 0 Å². The number of morpholine rings is 1. The van der Waals surface area contributed by atoms with Crippen LogP contribution in [0.4, 0.5) is 0 Å². The normalized spacial score (nSPS) is 19.6. The zero-order chi connectivity index (χ0) is 13.2. The zero-order valence-corrected chi connectivity index (χ0v) is 11.3. The Morgan fingerprint density at radius 3 is 3.16 bits per heavy atom. The summed E-state index contributed by atoms with van der Waals surface area (Å²) in [5.74, 6) is 0.699. The van der Waals surface area contributed by atoms with Crippen molar-refractivity contribution in [2.45, 2.75) is 13.0 Å². The molecule has 7 heteroatoms. The second-order valence-corrected chi connectivity index (χ2v) is 5.13. The van der Waals surface area contributed by atoms with Crippen LogP contribution in [0.1, 0.15) is 28.0 Å². The summed E-state index contributed by atoms with van der Waals surface area (Å²) in [6.07, 6.45) is 1.76. The highest BCUT2D eigenvalue weighted by Crippen LogP contribution is 2.23. The van der Waals surface area contributed by atoms with E-state index in [1.165, 1.54) is 11.3 Å². The summed E-state index contributed by atoms with van der Waals surface area (Å²) in [5.41, 5.74) is 3.13. The minimum absolute atomic E-state index is 0.0661. The summed E-state index contributed by atoms with van der Waals surface area (Å²) in [5, 5.41) is 1.77. The fourth-order valence-electron chi connectivity index (χ4n) is 2.14. The number of ether oxygens (including phenoxy) is 1. The van der Waals surface area contributed by atoms with E-state index in [2.05, 4.69) is 15.0 Å². The van der Waals surface area contributed by atoms with Gasteiger partial charge in [0.05, 0.1) is 18.7 Å². The van der Waals surface area contributed by atoms with Gasteiger partial charge in [-0.15, -0.1) is 11.3 Å². The van der Waals surface area contributed by atoms with Gasteiger partial charge in [0, 0.05) is 23.8 Å². The molecule has 2 aromatic rings. The van der Waals surface area contributed by atoms with Crippen LogP contribution in [0, 0.1) is 6.92 Å². The molecule has 1 atom stereocenters. The second-order valence-electron chi connectivity index (χ2n) is 4.41. The van der Waals surface area contributed by atoms with Crippen molar-refractivity contribution in [2.24, 2.45) is 0 Å². The first-order valence-corrected chi connectivity index (χ1v) is 6.98. The van der Waals surface area contributed by atoms with Crippen molar-refractivity contribution in [1.29, 1.82) is 0 Å². The van der Waals surface area contributed by atoms with Crippen molar-refractivity contribution in [3.05, 3.63) is 34.3 Å². The average Bonchev–Trinajstić information content (AvgIpc) is 3.09. The molecule has 0 bridgehead atoms. The minimum atomic E-state index is -0.170. The van der Waals surface area contributed by atoms with Crippen LogP contribution < -0.4 is 0 Å². The summed E-state index contributed by atoms with van der Waals surface area (Å²) in [6, 6.07) is -0.170. The largest absolute Gasteiger partial charge is 0.377 e. The minimum Gasteiger partial charge on any atom is -0.377 e. The van der Waals surface area contributed by atoms with Gasteiger partial charge in [-0.1, -0.05) is 0 Å². The van der Waals surface area contributed by atoms with Crippen molar-refractivity contribution in [3.63, 3.8) is 0 Å². The number of aryl methyl sites for hydroxylation is 1. The Morgan fingerprint density at radius 1 is 1.58 bits per heavy atom. The molecule has 1 amide bonds. The van der Waals surface area contributed by atoms with E-state index in [0.29, 0.717) is 25.5 Å². The van der Waals surface area contributed by atoms with Gasteiger partial charge in [-0.25, -0.2) is 9.97 Å². The number of hydrogen-bond donors (Lipinski definition) is 1. The summed E-state index contributed by atoms with van der Waals surface area (Å²) in [4.78, 5) is 25.8. The summed E-state index contributed by atoms with van der Waals surface area (Å²) in [6.45, 7) is 3.50. The highest BCUT2D eigenvalue weighted by molar-refractivity contribution is 7.07. The Kier molecular flexibility index (Phi) is 3.31. The van der Waals surface area contributed by atoms with Crippen LogP contribution in [-0.4, -0.2) is 45.5 Å². The molecule has 100 valence electrons. The molecule has 1 saturated heterocycles. The lowest BCUT2D eigenvalue weighted by atomic mass is 10.2. The zero-order valence-electron chi connectivity index (χ0n) is 10.5. The molecule has 6 nitrogen and oxygen atoms in total. The molecule has 1 aliphatic heterocycles. The number of carbonyl (C=O) groups excluding carboxylic acids is 1. The lowest BCUT2D eigenvalue weighted by Crippen LogP contribution is -2.44. The van der Waals surface area contributed by atoms with Crippen molar-refractivity contribution < 1.29 is 9.53 Å². The van der Waals surface area contributed by atoms with E-state index in [1.54, 1.807) is 22.0 Å². The molecule has 19 heavy (non-hydrogen) atoms. The Hall–Kier alpha value is -1.73. The molecular weight excluding hydrogens is 264 g/mol. The van der Waals surface area contributed by atoms with E-state index in [4.69, 9.17) is 4.74 Å². The predicted octanol–water partition coefficient (Wildman–Crippen LogP) is 1.39. The number of imidazole rings is 1. The molecule has 1 aliphatic rings. The smallest absolute Gasteiger partial charge is 0.274 e.